The molecular weight excluding hydrogens is 284 g/mol. The Morgan fingerprint density at radius 3 is 2.43 bits per heavy atom. The van der Waals surface area contributed by atoms with Crippen LogP contribution in [0.1, 0.15) is 49.7 Å². The van der Waals surface area contributed by atoms with E-state index in [1.807, 2.05) is 52.0 Å². The minimum absolute atomic E-state index is 0.0340. The fourth-order valence-electron chi connectivity index (χ4n) is 2.06. The summed E-state index contributed by atoms with van der Waals surface area (Å²) in [5.74, 6) is 2.25. The summed E-state index contributed by atoms with van der Waals surface area (Å²) < 4.78 is 0. The van der Waals surface area contributed by atoms with Crippen molar-refractivity contribution in [1.82, 2.24) is 9.97 Å². The molecule has 4 nitrogen and oxygen atoms in total. The van der Waals surface area contributed by atoms with E-state index in [4.69, 9.17) is 17.3 Å². The predicted octanol–water partition coefficient (Wildman–Crippen LogP) is 4.32. The van der Waals surface area contributed by atoms with E-state index in [-0.39, 0.29) is 12.0 Å². The van der Waals surface area contributed by atoms with Gasteiger partial charge in [-0.1, -0.05) is 43.6 Å². The van der Waals surface area contributed by atoms with Crippen LogP contribution in [0.3, 0.4) is 0 Å². The van der Waals surface area contributed by atoms with Gasteiger partial charge in [-0.15, -0.1) is 0 Å². The second kappa shape index (κ2) is 6.31. The molecule has 3 N–H and O–H groups in total. The van der Waals surface area contributed by atoms with Gasteiger partial charge in [-0.2, -0.15) is 0 Å². The molecule has 1 atom stereocenters. The van der Waals surface area contributed by atoms with E-state index in [0.29, 0.717) is 5.82 Å². The molecule has 0 spiro atoms. The van der Waals surface area contributed by atoms with Gasteiger partial charge in [0.2, 0.25) is 0 Å². The number of hydrogen-bond acceptors (Lipinski definition) is 4. The van der Waals surface area contributed by atoms with E-state index in [1.165, 1.54) is 0 Å². The largest absolute Gasteiger partial charge is 0.383 e. The fourth-order valence-corrected chi connectivity index (χ4v) is 2.36. The Balaban J connectivity index is 2.33. The molecular formula is C16H21ClN4. The third kappa shape index (κ3) is 3.45. The Labute approximate surface area is 130 Å². The van der Waals surface area contributed by atoms with Gasteiger partial charge in [0.1, 0.15) is 17.5 Å². The van der Waals surface area contributed by atoms with Gasteiger partial charge < -0.3 is 11.1 Å². The Hall–Kier alpha value is -1.81. The highest BCUT2D eigenvalue weighted by Crippen LogP contribution is 2.28. The molecule has 0 aliphatic carbocycles. The molecule has 2 aromatic rings. The molecule has 5 heteroatoms. The zero-order valence-corrected chi connectivity index (χ0v) is 13.6. The lowest BCUT2D eigenvalue weighted by Gasteiger charge is -2.19. The number of benzene rings is 1. The van der Waals surface area contributed by atoms with Gasteiger partial charge in [-0.3, -0.25) is 0 Å². The van der Waals surface area contributed by atoms with Gasteiger partial charge >= 0.3 is 0 Å². The lowest BCUT2D eigenvalue weighted by Crippen LogP contribution is -2.13. The van der Waals surface area contributed by atoms with Crippen LogP contribution < -0.4 is 11.1 Å². The summed E-state index contributed by atoms with van der Waals surface area (Å²) in [4.78, 5) is 8.91. The molecule has 1 aromatic carbocycles. The number of nitrogens with one attached hydrogen (secondary N) is 1. The molecule has 1 heterocycles. The quantitative estimate of drug-likeness (QED) is 0.883. The maximum absolute atomic E-state index is 6.24. The molecule has 0 aliphatic rings. The van der Waals surface area contributed by atoms with Crippen LogP contribution in [0.4, 0.5) is 11.6 Å². The Bertz CT molecular complexity index is 640. The van der Waals surface area contributed by atoms with Gasteiger partial charge in [0.25, 0.3) is 0 Å². The summed E-state index contributed by atoms with van der Waals surface area (Å²) in [6.45, 7) is 8.06. The first-order chi connectivity index (χ1) is 9.90. The molecule has 21 heavy (non-hydrogen) atoms. The number of hydrogen-bond donors (Lipinski definition) is 2. The maximum atomic E-state index is 6.24. The third-order valence-electron chi connectivity index (χ3n) is 3.44. The molecule has 0 amide bonds. The zero-order chi connectivity index (χ0) is 15.6. The van der Waals surface area contributed by atoms with E-state index in [1.54, 1.807) is 0 Å². The molecule has 0 fully saturated rings. The van der Waals surface area contributed by atoms with Crippen molar-refractivity contribution in [3.05, 3.63) is 46.2 Å². The highest BCUT2D eigenvalue weighted by molar-refractivity contribution is 6.31. The van der Waals surface area contributed by atoms with Gasteiger partial charge in [0.15, 0.2) is 0 Å². The van der Waals surface area contributed by atoms with E-state index in [0.717, 1.165) is 27.8 Å². The first-order valence-electron chi connectivity index (χ1n) is 7.05. The summed E-state index contributed by atoms with van der Waals surface area (Å²) in [5.41, 5.74) is 7.88. The first-order valence-corrected chi connectivity index (χ1v) is 7.43. The van der Waals surface area contributed by atoms with E-state index >= 15 is 0 Å². The number of halogens is 1. The zero-order valence-electron chi connectivity index (χ0n) is 12.8. The average Bonchev–Trinajstić information content (AvgIpc) is 2.43. The summed E-state index contributed by atoms with van der Waals surface area (Å²) >= 11 is 6.24. The molecule has 0 saturated heterocycles. The van der Waals surface area contributed by atoms with Crippen LogP contribution in [0.2, 0.25) is 5.02 Å². The summed E-state index contributed by atoms with van der Waals surface area (Å²) in [6, 6.07) is 7.81. The molecule has 0 saturated carbocycles. The summed E-state index contributed by atoms with van der Waals surface area (Å²) in [5, 5.41) is 4.13. The van der Waals surface area contributed by atoms with E-state index in [2.05, 4.69) is 15.3 Å². The van der Waals surface area contributed by atoms with Gasteiger partial charge in [-0.25, -0.2) is 9.97 Å². The van der Waals surface area contributed by atoms with Crippen molar-refractivity contribution in [2.75, 3.05) is 11.1 Å². The fraction of sp³-hybridized carbons (Fsp3) is 0.375. The lowest BCUT2D eigenvalue weighted by molar-refractivity contribution is 0.768. The van der Waals surface area contributed by atoms with Crippen molar-refractivity contribution in [3.8, 4) is 0 Å². The van der Waals surface area contributed by atoms with Crippen LogP contribution >= 0.6 is 11.6 Å². The number of nitrogens with zero attached hydrogens (tertiary/aromatic N) is 2. The highest BCUT2D eigenvalue weighted by atomic mass is 35.5. The van der Waals surface area contributed by atoms with Crippen molar-refractivity contribution >= 4 is 23.2 Å². The monoisotopic (exact) mass is 304 g/mol. The lowest BCUT2D eigenvalue weighted by atomic mass is 10.1. The summed E-state index contributed by atoms with van der Waals surface area (Å²) in [6.07, 6.45) is 0. The van der Waals surface area contributed by atoms with Gasteiger partial charge in [0.05, 0.1) is 6.04 Å². The SMILES string of the molecule is Cc1c(N)nc(C(C)C)nc1NC(C)c1ccccc1Cl. The smallest absolute Gasteiger partial charge is 0.135 e. The molecule has 0 aliphatic heterocycles. The van der Waals surface area contributed by atoms with Crippen molar-refractivity contribution < 1.29 is 0 Å². The van der Waals surface area contributed by atoms with Crippen LogP contribution in [0.15, 0.2) is 24.3 Å². The second-order valence-electron chi connectivity index (χ2n) is 5.48. The molecule has 2 rings (SSSR count). The molecule has 1 unspecified atom stereocenters. The standard InChI is InChI=1S/C16H21ClN4/c1-9(2)15-20-14(18)10(3)16(21-15)19-11(4)12-7-5-6-8-13(12)17/h5-9,11H,1-4H3,(H3,18,19,20,21). The van der Waals surface area contributed by atoms with Crippen LogP contribution in [-0.4, -0.2) is 9.97 Å². The molecule has 0 bridgehead atoms. The highest BCUT2D eigenvalue weighted by Gasteiger charge is 2.15. The van der Waals surface area contributed by atoms with E-state index < -0.39 is 0 Å². The normalized spacial score (nSPS) is 12.5. The third-order valence-corrected chi connectivity index (χ3v) is 3.79. The van der Waals surface area contributed by atoms with Crippen molar-refractivity contribution in [3.63, 3.8) is 0 Å². The number of anilines is 2. The van der Waals surface area contributed by atoms with Gasteiger partial charge in [-0.05, 0) is 25.5 Å². The van der Waals surface area contributed by atoms with Crippen LogP contribution in [0.25, 0.3) is 0 Å². The predicted molar refractivity (Wildman–Crippen MR) is 88.8 cm³/mol. The average molecular weight is 305 g/mol. The topological polar surface area (TPSA) is 63.8 Å². The number of rotatable bonds is 4. The van der Waals surface area contributed by atoms with E-state index in [9.17, 15) is 0 Å². The molecule has 112 valence electrons. The Kier molecular flexibility index (Phi) is 4.68. The number of aromatic nitrogens is 2. The summed E-state index contributed by atoms with van der Waals surface area (Å²) in [7, 11) is 0. The van der Waals surface area contributed by atoms with Crippen molar-refractivity contribution in [1.29, 1.82) is 0 Å². The number of nitrogens with two attached hydrogens (primary N) is 1. The Morgan fingerprint density at radius 2 is 1.81 bits per heavy atom. The van der Waals surface area contributed by atoms with Gasteiger partial charge in [0, 0.05) is 16.5 Å². The minimum Gasteiger partial charge on any atom is -0.383 e. The second-order valence-corrected chi connectivity index (χ2v) is 5.89. The van der Waals surface area contributed by atoms with Crippen LogP contribution in [0, 0.1) is 6.92 Å². The minimum atomic E-state index is 0.0340. The molecule has 1 aromatic heterocycles. The Morgan fingerprint density at radius 1 is 1.14 bits per heavy atom. The van der Waals surface area contributed by atoms with Crippen molar-refractivity contribution in [2.24, 2.45) is 0 Å². The first kappa shape index (κ1) is 15.6. The van der Waals surface area contributed by atoms with Crippen molar-refractivity contribution in [2.45, 2.75) is 39.7 Å². The molecule has 0 radical (unpaired) electrons. The number of nitrogen functional groups attached to an aromatic ring is 1. The van der Waals surface area contributed by atoms with Crippen LogP contribution in [-0.2, 0) is 0 Å². The van der Waals surface area contributed by atoms with Crippen LogP contribution in [0.5, 0.6) is 0 Å². The maximum Gasteiger partial charge on any atom is 0.135 e.